The Hall–Kier alpha value is -2.60. The van der Waals surface area contributed by atoms with Gasteiger partial charge in [-0.05, 0) is 61.3 Å². The van der Waals surface area contributed by atoms with Crippen molar-refractivity contribution >= 4 is 12.0 Å². The molecule has 6 heteroatoms. The van der Waals surface area contributed by atoms with Gasteiger partial charge in [0, 0.05) is 30.8 Å². The van der Waals surface area contributed by atoms with Crippen molar-refractivity contribution in [3.8, 4) is 11.5 Å². The highest BCUT2D eigenvalue weighted by atomic mass is 16.5. The monoisotopic (exact) mass is 536 g/mol. The summed E-state index contributed by atoms with van der Waals surface area (Å²) in [6.45, 7) is 4.79. The number of carbonyl (C=O) groups excluding carboxylic acids is 1. The summed E-state index contributed by atoms with van der Waals surface area (Å²) < 4.78 is 6.06. The Bertz CT molecular complexity index is 1040. The van der Waals surface area contributed by atoms with Crippen LogP contribution in [-0.4, -0.2) is 46.0 Å². The number of aliphatic hydroxyl groups excluding tert-OH is 1. The highest BCUT2D eigenvalue weighted by Crippen LogP contribution is 2.35. The summed E-state index contributed by atoms with van der Waals surface area (Å²) >= 11 is 0. The van der Waals surface area contributed by atoms with E-state index in [2.05, 4.69) is 29.8 Å². The maximum atomic E-state index is 12.5. The number of Topliss-reactive ketones (excluding diaryl/α,β-unsaturated/α-hetero) is 1. The van der Waals surface area contributed by atoms with Crippen molar-refractivity contribution in [2.75, 3.05) is 6.73 Å². The first-order chi connectivity index (χ1) is 18.9. The highest BCUT2D eigenvalue weighted by molar-refractivity contribution is 5.81. The zero-order valence-electron chi connectivity index (χ0n) is 24.0. The number of benzene rings is 1. The summed E-state index contributed by atoms with van der Waals surface area (Å²) in [5, 5.41) is 20.8. The van der Waals surface area contributed by atoms with E-state index in [1.54, 1.807) is 6.07 Å². The number of allylic oxidation sites excluding steroid dienone is 1. The molecule has 2 unspecified atom stereocenters. The molecule has 214 valence electrons. The van der Waals surface area contributed by atoms with E-state index in [0.29, 0.717) is 37.7 Å². The number of rotatable bonds is 16. The number of aliphatic imine (C=N–C) groups is 1. The number of phenolic OH excluding ortho intramolecular Hbond substituents is 1. The first kappa shape index (κ1) is 29.4. The SMILES string of the molecule is CC(C)CCC1C2=CC=NC2=CN1COc1cc(CCC(=O)CC(O)CCCCC2CCCCC2)ccc1O. The molecular formula is C33H48N2O4. The lowest BCUT2D eigenvalue weighted by molar-refractivity contribution is -0.121. The number of hydrogen-bond acceptors (Lipinski definition) is 6. The van der Waals surface area contributed by atoms with Gasteiger partial charge >= 0.3 is 0 Å². The predicted octanol–water partition coefficient (Wildman–Crippen LogP) is 7.09. The second-order valence-electron chi connectivity index (χ2n) is 12.2. The fourth-order valence-electron chi connectivity index (χ4n) is 6.13. The molecule has 39 heavy (non-hydrogen) atoms. The van der Waals surface area contributed by atoms with Crippen molar-refractivity contribution in [1.29, 1.82) is 0 Å². The molecule has 1 fully saturated rings. The summed E-state index contributed by atoms with van der Waals surface area (Å²) in [6.07, 6.45) is 19.8. The molecule has 6 nitrogen and oxygen atoms in total. The fraction of sp³-hybridized carbons (Fsp3) is 0.636. The second-order valence-corrected chi connectivity index (χ2v) is 12.2. The van der Waals surface area contributed by atoms with Gasteiger partial charge in [-0.2, -0.15) is 0 Å². The van der Waals surface area contributed by atoms with E-state index in [0.717, 1.165) is 42.9 Å². The Morgan fingerprint density at radius 2 is 1.95 bits per heavy atom. The molecule has 2 atom stereocenters. The molecule has 2 heterocycles. The van der Waals surface area contributed by atoms with Gasteiger partial charge in [0.15, 0.2) is 18.2 Å². The Labute approximate surface area is 234 Å². The van der Waals surface area contributed by atoms with E-state index >= 15 is 0 Å². The minimum Gasteiger partial charge on any atom is -0.504 e. The zero-order chi connectivity index (χ0) is 27.6. The van der Waals surface area contributed by atoms with Crippen LogP contribution in [0.2, 0.25) is 0 Å². The molecule has 0 spiro atoms. The smallest absolute Gasteiger partial charge is 0.163 e. The molecule has 0 saturated heterocycles. The van der Waals surface area contributed by atoms with Crippen molar-refractivity contribution in [1.82, 2.24) is 4.90 Å². The van der Waals surface area contributed by atoms with Crippen LogP contribution in [0.3, 0.4) is 0 Å². The van der Waals surface area contributed by atoms with Crippen molar-refractivity contribution in [3.63, 3.8) is 0 Å². The van der Waals surface area contributed by atoms with Crippen LogP contribution in [0.1, 0.15) is 103 Å². The van der Waals surface area contributed by atoms with E-state index in [-0.39, 0.29) is 24.0 Å². The standard InChI is InChI=1S/C33H48N2O4/c1-24(2)12-16-31-29-18-19-34-30(29)22-35(31)23-39-33-20-26(14-17-32(33)38)13-15-28(37)21-27(36)11-7-6-10-25-8-4-3-5-9-25/h14,17-20,22,24-25,27,31,36,38H,3-13,15-16,21,23H2,1-2H3. The summed E-state index contributed by atoms with van der Waals surface area (Å²) in [5.74, 6) is 2.10. The number of fused-ring (bicyclic) bond motifs is 1. The third kappa shape index (κ3) is 8.96. The summed E-state index contributed by atoms with van der Waals surface area (Å²) in [6, 6.07) is 5.53. The molecule has 4 rings (SSSR count). The number of carbonyl (C=O) groups is 1. The van der Waals surface area contributed by atoms with Gasteiger partial charge in [-0.1, -0.05) is 71.3 Å². The van der Waals surface area contributed by atoms with Crippen LogP contribution in [0.5, 0.6) is 11.5 Å². The lowest BCUT2D eigenvalue weighted by Gasteiger charge is -2.27. The van der Waals surface area contributed by atoms with Gasteiger partial charge in [0.25, 0.3) is 0 Å². The van der Waals surface area contributed by atoms with E-state index in [9.17, 15) is 15.0 Å². The average Bonchev–Trinajstić information content (AvgIpc) is 3.50. The van der Waals surface area contributed by atoms with Gasteiger partial charge in [0.1, 0.15) is 5.78 Å². The molecule has 0 bridgehead atoms. The Balaban J connectivity index is 1.19. The van der Waals surface area contributed by atoms with E-state index in [1.165, 1.54) is 44.1 Å². The summed E-state index contributed by atoms with van der Waals surface area (Å²) in [5.41, 5.74) is 3.18. The number of aryl methyl sites for hydroxylation is 1. The number of phenols is 1. The number of unbranched alkanes of at least 4 members (excludes halogenated alkanes) is 1. The van der Waals surface area contributed by atoms with Gasteiger partial charge in [-0.15, -0.1) is 0 Å². The van der Waals surface area contributed by atoms with Crippen LogP contribution in [0.25, 0.3) is 0 Å². The van der Waals surface area contributed by atoms with Gasteiger partial charge < -0.3 is 19.8 Å². The van der Waals surface area contributed by atoms with Gasteiger partial charge in [0.05, 0.1) is 17.8 Å². The minimum absolute atomic E-state index is 0.0855. The molecule has 3 aliphatic rings. The lowest BCUT2D eigenvalue weighted by atomic mass is 9.85. The van der Waals surface area contributed by atoms with E-state index in [1.807, 2.05) is 24.5 Å². The average molecular weight is 537 g/mol. The number of nitrogens with zero attached hydrogens (tertiary/aromatic N) is 2. The van der Waals surface area contributed by atoms with Crippen molar-refractivity contribution in [3.05, 3.63) is 47.3 Å². The maximum absolute atomic E-state index is 12.5. The Morgan fingerprint density at radius 3 is 2.74 bits per heavy atom. The highest BCUT2D eigenvalue weighted by Gasteiger charge is 2.31. The molecular weight excluding hydrogens is 488 g/mol. The maximum Gasteiger partial charge on any atom is 0.163 e. The Kier molecular flexibility index (Phi) is 11.1. The predicted molar refractivity (Wildman–Crippen MR) is 157 cm³/mol. The van der Waals surface area contributed by atoms with Crippen molar-refractivity contribution < 1.29 is 19.7 Å². The minimum atomic E-state index is -0.542. The van der Waals surface area contributed by atoms with Gasteiger partial charge in [-0.3, -0.25) is 9.79 Å². The number of aliphatic hydroxyl groups is 1. The van der Waals surface area contributed by atoms with Gasteiger partial charge in [0.2, 0.25) is 0 Å². The van der Waals surface area contributed by atoms with Gasteiger partial charge in [-0.25, -0.2) is 0 Å². The molecule has 1 aromatic rings. The first-order valence-corrected chi connectivity index (χ1v) is 15.3. The van der Waals surface area contributed by atoms with Crippen molar-refractivity contribution in [2.24, 2.45) is 16.8 Å². The molecule has 2 N–H and O–H groups in total. The summed E-state index contributed by atoms with van der Waals surface area (Å²) in [7, 11) is 0. The third-order valence-corrected chi connectivity index (χ3v) is 8.50. The molecule has 1 aromatic carbocycles. The molecule has 0 aromatic heterocycles. The molecule has 1 saturated carbocycles. The fourth-order valence-corrected chi connectivity index (χ4v) is 6.13. The van der Waals surface area contributed by atoms with E-state index < -0.39 is 6.10 Å². The van der Waals surface area contributed by atoms with Crippen LogP contribution in [0.15, 0.2) is 46.7 Å². The lowest BCUT2D eigenvalue weighted by Crippen LogP contribution is -2.32. The third-order valence-electron chi connectivity index (χ3n) is 8.50. The van der Waals surface area contributed by atoms with Crippen LogP contribution in [0.4, 0.5) is 0 Å². The molecule has 2 aliphatic heterocycles. The topological polar surface area (TPSA) is 82.4 Å². The molecule has 1 aliphatic carbocycles. The number of aromatic hydroxyl groups is 1. The number of ether oxygens (including phenoxy) is 1. The normalized spacial score (nSPS) is 19.8. The molecule has 0 radical (unpaired) electrons. The van der Waals surface area contributed by atoms with Crippen LogP contribution in [-0.2, 0) is 11.2 Å². The van der Waals surface area contributed by atoms with Crippen LogP contribution < -0.4 is 4.74 Å². The Morgan fingerprint density at radius 1 is 1.13 bits per heavy atom. The molecule has 0 amide bonds. The summed E-state index contributed by atoms with van der Waals surface area (Å²) in [4.78, 5) is 19.1. The quantitative estimate of drug-likeness (QED) is 0.220. The van der Waals surface area contributed by atoms with Crippen molar-refractivity contribution in [2.45, 2.75) is 116 Å². The first-order valence-electron chi connectivity index (χ1n) is 15.3. The number of ketones is 1. The number of hydrogen-bond donors (Lipinski definition) is 2. The van der Waals surface area contributed by atoms with Crippen LogP contribution in [0, 0.1) is 11.8 Å². The second kappa shape index (κ2) is 14.7. The van der Waals surface area contributed by atoms with E-state index in [4.69, 9.17) is 4.74 Å². The van der Waals surface area contributed by atoms with Crippen LogP contribution >= 0.6 is 0 Å². The largest absolute Gasteiger partial charge is 0.504 e. The zero-order valence-corrected chi connectivity index (χ0v) is 24.0.